The first-order valence-electron chi connectivity index (χ1n) is 16.0. The molecule has 0 saturated carbocycles. The van der Waals surface area contributed by atoms with Crippen LogP contribution >= 0.6 is 0 Å². The lowest BCUT2D eigenvalue weighted by molar-refractivity contribution is -0.147. The largest absolute Gasteiger partial charge is 0.480 e. The molecule has 0 bridgehead atoms. The van der Waals surface area contributed by atoms with Crippen LogP contribution in [-0.2, 0) is 27.6 Å². The van der Waals surface area contributed by atoms with Gasteiger partial charge < -0.3 is 10.0 Å². The summed E-state index contributed by atoms with van der Waals surface area (Å²) in [5.74, 6) is -0.377. The van der Waals surface area contributed by atoms with E-state index in [1.165, 1.54) is 17.9 Å². The molecule has 0 aliphatic carbocycles. The maximum atomic E-state index is 14.3. The molecule has 0 amide bonds. The molecule has 2 unspecified atom stereocenters. The zero-order valence-corrected chi connectivity index (χ0v) is 27.9. The van der Waals surface area contributed by atoms with Crippen LogP contribution < -0.4 is 0 Å². The van der Waals surface area contributed by atoms with E-state index in [4.69, 9.17) is 5.10 Å². The van der Waals surface area contributed by atoms with Gasteiger partial charge in [0.15, 0.2) is 9.84 Å². The first kappa shape index (κ1) is 33.3. The molecule has 10 heteroatoms. The number of hydrogen-bond donors (Lipinski definition) is 1. The van der Waals surface area contributed by atoms with Crippen LogP contribution in [0.1, 0.15) is 74.8 Å². The molecule has 8 nitrogen and oxygen atoms in total. The lowest BCUT2D eigenvalue weighted by Gasteiger charge is -2.36. The second-order valence-electron chi connectivity index (χ2n) is 14.1. The van der Waals surface area contributed by atoms with Gasteiger partial charge in [0.2, 0.25) is 0 Å². The Labute approximate surface area is 267 Å². The molecule has 3 aromatic rings. The van der Waals surface area contributed by atoms with Gasteiger partial charge in [-0.25, -0.2) is 12.8 Å². The molecule has 1 N–H and O–H groups in total. The summed E-state index contributed by atoms with van der Waals surface area (Å²) in [5, 5.41) is 15.0. The molecule has 1 aromatic heterocycles. The van der Waals surface area contributed by atoms with E-state index in [-0.39, 0.29) is 17.7 Å². The fraction of sp³-hybridized carbons (Fsp3) is 0.543. The summed E-state index contributed by atoms with van der Waals surface area (Å²) in [4.78, 5) is 17.3. The van der Waals surface area contributed by atoms with E-state index < -0.39 is 27.3 Å². The quantitative estimate of drug-likeness (QED) is 0.317. The van der Waals surface area contributed by atoms with Crippen molar-refractivity contribution in [3.63, 3.8) is 0 Å². The molecule has 244 valence electrons. The molecule has 2 aliphatic rings. The number of carbonyl (C=O) groups is 1. The normalized spacial score (nSPS) is 21.3. The highest BCUT2D eigenvalue weighted by Crippen LogP contribution is 2.39. The second kappa shape index (κ2) is 13.3. The summed E-state index contributed by atoms with van der Waals surface area (Å²) < 4.78 is 39.9. The fourth-order valence-corrected chi connectivity index (χ4v) is 8.08. The van der Waals surface area contributed by atoms with Gasteiger partial charge in [-0.15, -0.1) is 0 Å². The Morgan fingerprint density at radius 3 is 2.36 bits per heavy atom. The molecule has 3 heterocycles. The standard InChI is InChI=1S/C35H47FN4O4S/c1-6-32-31(23-40(37-32)19-24-10-12-29(13-11-24)45(5,43)44)25-14-16-38(17-15-25)20-27-21-39(33(34(41)42)35(2,3)4)22-30(27)26-8-7-9-28(36)18-26/h7-13,18,23,25,27,30,33H,6,14-17,19-22H2,1-5H3,(H,41,42)/t27-,30?,33?/m0/s1. The first-order valence-corrected chi connectivity index (χ1v) is 17.9. The van der Waals surface area contributed by atoms with Crippen molar-refractivity contribution in [2.45, 2.75) is 76.3 Å². The minimum atomic E-state index is -3.23. The molecule has 3 atom stereocenters. The zero-order chi connectivity index (χ0) is 32.5. The maximum absolute atomic E-state index is 14.3. The number of aliphatic carboxylic acids is 1. The predicted molar refractivity (Wildman–Crippen MR) is 174 cm³/mol. The molecular formula is C35H47FN4O4S. The number of aryl methyl sites for hydroxylation is 1. The number of hydrogen-bond acceptors (Lipinski definition) is 6. The number of aromatic nitrogens is 2. The summed E-state index contributed by atoms with van der Waals surface area (Å²) >= 11 is 0. The van der Waals surface area contributed by atoms with E-state index in [2.05, 4.69) is 22.9 Å². The second-order valence-corrected chi connectivity index (χ2v) is 16.1. The van der Waals surface area contributed by atoms with E-state index in [9.17, 15) is 22.7 Å². The molecule has 45 heavy (non-hydrogen) atoms. The Balaban J connectivity index is 1.26. The number of sulfone groups is 1. The molecule has 2 aliphatic heterocycles. The number of carboxylic acids is 1. The van der Waals surface area contributed by atoms with Gasteiger partial charge in [-0.3, -0.25) is 14.4 Å². The number of piperidine rings is 1. The van der Waals surface area contributed by atoms with Gasteiger partial charge in [-0.2, -0.15) is 5.10 Å². The van der Waals surface area contributed by atoms with Crippen molar-refractivity contribution in [1.29, 1.82) is 0 Å². The monoisotopic (exact) mass is 638 g/mol. The lowest BCUT2D eigenvalue weighted by Crippen LogP contribution is -2.48. The highest BCUT2D eigenvalue weighted by Gasteiger charge is 2.44. The maximum Gasteiger partial charge on any atom is 0.321 e. The molecule has 5 rings (SSSR count). The molecule has 2 fully saturated rings. The third-order valence-corrected chi connectivity index (χ3v) is 10.7. The number of rotatable bonds is 10. The van der Waals surface area contributed by atoms with Crippen molar-refractivity contribution >= 4 is 15.8 Å². The molecule has 0 radical (unpaired) electrons. The molecule has 2 aromatic carbocycles. The molecular weight excluding hydrogens is 591 g/mol. The van der Waals surface area contributed by atoms with E-state index in [0.29, 0.717) is 30.4 Å². The van der Waals surface area contributed by atoms with Crippen molar-refractivity contribution in [3.05, 3.63) is 82.9 Å². The predicted octanol–water partition coefficient (Wildman–Crippen LogP) is 5.43. The summed E-state index contributed by atoms with van der Waals surface area (Å²) in [6.07, 6.45) is 6.26. The van der Waals surface area contributed by atoms with Crippen LogP contribution in [0.25, 0.3) is 0 Å². The van der Waals surface area contributed by atoms with E-state index in [0.717, 1.165) is 55.7 Å². The summed E-state index contributed by atoms with van der Waals surface area (Å²) in [5.41, 5.74) is 3.93. The van der Waals surface area contributed by atoms with Gasteiger partial charge in [0, 0.05) is 38.0 Å². The van der Waals surface area contributed by atoms with Crippen molar-refractivity contribution in [2.24, 2.45) is 11.3 Å². The van der Waals surface area contributed by atoms with Crippen LogP contribution in [0.15, 0.2) is 59.6 Å². The number of benzene rings is 2. The SMILES string of the molecule is CCc1nn(Cc2ccc(S(C)(=O)=O)cc2)cc1C1CCN(C[C@H]2CN(C(C(=O)O)C(C)(C)C)CC2c2cccc(F)c2)CC1. The van der Waals surface area contributed by atoms with Gasteiger partial charge in [-0.05, 0) is 90.6 Å². The van der Waals surface area contributed by atoms with Gasteiger partial charge in [-0.1, -0.05) is 52.0 Å². The average Bonchev–Trinajstić information content (AvgIpc) is 3.56. The van der Waals surface area contributed by atoms with Gasteiger partial charge in [0.05, 0.1) is 17.1 Å². The summed E-state index contributed by atoms with van der Waals surface area (Å²) in [6.45, 7) is 12.7. The first-order chi connectivity index (χ1) is 21.2. The van der Waals surface area contributed by atoms with Crippen molar-refractivity contribution < 1.29 is 22.7 Å². The van der Waals surface area contributed by atoms with Crippen LogP contribution in [0.2, 0.25) is 0 Å². The minimum absolute atomic E-state index is 0.0686. The fourth-order valence-electron chi connectivity index (χ4n) is 7.45. The van der Waals surface area contributed by atoms with E-state index >= 15 is 0 Å². The zero-order valence-electron chi connectivity index (χ0n) is 27.1. The highest BCUT2D eigenvalue weighted by molar-refractivity contribution is 7.90. The Hall–Kier alpha value is -3.08. The molecule has 0 spiro atoms. The van der Waals surface area contributed by atoms with Crippen LogP contribution in [0.4, 0.5) is 4.39 Å². The minimum Gasteiger partial charge on any atom is -0.480 e. The summed E-state index contributed by atoms with van der Waals surface area (Å²) in [7, 11) is -3.23. The van der Waals surface area contributed by atoms with Crippen molar-refractivity contribution in [1.82, 2.24) is 19.6 Å². The lowest BCUT2D eigenvalue weighted by atomic mass is 9.85. The van der Waals surface area contributed by atoms with Gasteiger partial charge in [0.1, 0.15) is 11.9 Å². The average molecular weight is 639 g/mol. The number of carboxylic acid groups (broad SMARTS) is 1. The van der Waals surface area contributed by atoms with Crippen molar-refractivity contribution in [2.75, 3.05) is 39.0 Å². The van der Waals surface area contributed by atoms with Crippen LogP contribution in [0.3, 0.4) is 0 Å². The summed E-state index contributed by atoms with van der Waals surface area (Å²) in [6, 6.07) is 13.2. The topological polar surface area (TPSA) is 95.7 Å². The number of likely N-dealkylation sites (tertiary alicyclic amines) is 2. The smallest absolute Gasteiger partial charge is 0.321 e. The van der Waals surface area contributed by atoms with Gasteiger partial charge >= 0.3 is 5.97 Å². The van der Waals surface area contributed by atoms with Crippen LogP contribution in [-0.4, -0.2) is 84.1 Å². The third kappa shape index (κ3) is 7.84. The van der Waals surface area contributed by atoms with Crippen LogP contribution in [0, 0.1) is 17.2 Å². The molecule has 2 saturated heterocycles. The highest BCUT2D eigenvalue weighted by atomic mass is 32.2. The number of halogens is 1. The van der Waals surface area contributed by atoms with Crippen molar-refractivity contribution in [3.8, 4) is 0 Å². The van der Waals surface area contributed by atoms with E-state index in [1.807, 2.05) is 43.7 Å². The Morgan fingerprint density at radius 2 is 1.78 bits per heavy atom. The third-order valence-electron chi connectivity index (χ3n) is 9.59. The van der Waals surface area contributed by atoms with E-state index in [1.54, 1.807) is 24.3 Å². The number of nitrogens with zero attached hydrogens (tertiary/aromatic N) is 4. The Morgan fingerprint density at radius 1 is 1.09 bits per heavy atom. The Bertz CT molecular complexity index is 1590. The van der Waals surface area contributed by atoms with Gasteiger partial charge in [0.25, 0.3) is 0 Å². The Kier molecular flexibility index (Phi) is 9.87. The van der Waals surface area contributed by atoms with Crippen LogP contribution in [0.5, 0.6) is 0 Å².